The maximum atomic E-state index is 5.74. The van der Waals surface area contributed by atoms with E-state index in [1.807, 2.05) is 36.4 Å². The predicted molar refractivity (Wildman–Crippen MR) is 71.1 cm³/mol. The molecule has 0 N–H and O–H groups in total. The third kappa shape index (κ3) is 2.62. The summed E-state index contributed by atoms with van der Waals surface area (Å²) < 4.78 is 6.66. The Kier molecular flexibility index (Phi) is 3.96. The van der Waals surface area contributed by atoms with Crippen molar-refractivity contribution in [3.05, 3.63) is 52.6 Å². The maximum absolute atomic E-state index is 5.74. The highest BCUT2D eigenvalue weighted by molar-refractivity contribution is 9.10. The number of aromatic nitrogens is 1. The van der Waals surface area contributed by atoms with Gasteiger partial charge in [0.1, 0.15) is 5.75 Å². The summed E-state index contributed by atoms with van der Waals surface area (Å²) in [6.45, 7) is 0. The minimum atomic E-state index is 0.631. The van der Waals surface area contributed by atoms with Gasteiger partial charge in [0, 0.05) is 17.1 Å². The molecule has 4 heteroatoms. The van der Waals surface area contributed by atoms with Crippen molar-refractivity contribution >= 4 is 31.9 Å². The third-order valence-corrected chi connectivity index (χ3v) is 3.30. The molecule has 0 aliphatic carbocycles. The molecule has 1 heterocycles. The van der Waals surface area contributed by atoms with Gasteiger partial charge in [-0.1, -0.05) is 34.1 Å². The second-order valence-electron chi connectivity index (χ2n) is 3.13. The maximum Gasteiger partial charge on any atom is 0.223 e. The molecule has 0 atom stereocenters. The number of rotatable bonds is 3. The predicted octanol–water partition coefficient (Wildman–Crippen LogP) is 4.53. The van der Waals surface area contributed by atoms with Gasteiger partial charge in [0.15, 0.2) is 0 Å². The summed E-state index contributed by atoms with van der Waals surface area (Å²) in [5.74, 6) is 1.40. The fourth-order valence-electron chi connectivity index (χ4n) is 1.25. The number of ether oxygens (including phenoxy) is 1. The van der Waals surface area contributed by atoms with Crippen molar-refractivity contribution in [2.45, 2.75) is 5.33 Å². The van der Waals surface area contributed by atoms with E-state index in [1.165, 1.54) is 0 Å². The molecule has 2 nitrogen and oxygen atoms in total. The fraction of sp³-hybridized carbons (Fsp3) is 0.0833. The van der Waals surface area contributed by atoms with E-state index in [-0.39, 0.29) is 0 Å². The molecule has 0 radical (unpaired) electrons. The van der Waals surface area contributed by atoms with Gasteiger partial charge in [-0.15, -0.1) is 0 Å². The van der Waals surface area contributed by atoms with Crippen LogP contribution in [0.15, 0.2) is 47.1 Å². The van der Waals surface area contributed by atoms with E-state index in [1.54, 1.807) is 6.20 Å². The lowest BCUT2D eigenvalue weighted by atomic mass is 10.3. The number of pyridine rings is 1. The molecule has 2 rings (SSSR count). The lowest BCUT2D eigenvalue weighted by molar-refractivity contribution is 0.456. The SMILES string of the molecule is BrCc1cccnc1Oc1ccccc1Br. The third-order valence-electron chi connectivity index (χ3n) is 2.04. The number of nitrogens with zero attached hydrogens (tertiary/aromatic N) is 1. The Morgan fingerprint density at radius 3 is 2.69 bits per heavy atom. The van der Waals surface area contributed by atoms with Crippen molar-refractivity contribution < 1.29 is 4.74 Å². The molecule has 2 aromatic rings. The highest BCUT2D eigenvalue weighted by Crippen LogP contribution is 2.30. The molecule has 0 saturated carbocycles. The summed E-state index contributed by atoms with van der Waals surface area (Å²) in [7, 11) is 0. The monoisotopic (exact) mass is 341 g/mol. The van der Waals surface area contributed by atoms with E-state index in [9.17, 15) is 0 Å². The first-order valence-corrected chi connectivity index (χ1v) is 6.65. The number of para-hydroxylation sites is 1. The molecule has 16 heavy (non-hydrogen) atoms. The number of hydrogen-bond donors (Lipinski definition) is 0. The van der Waals surface area contributed by atoms with Crippen molar-refractivity contribution in [3.8, 4) is 11.6 Å². The molecular weight excluding hydrogens is 334 g/mol. The Morgan fingerprint density at radius 2 is 1.94 bits per heavy atom. The molecule has 0 spiro atoms. The number of benzene rings is 1. The number of hydrogen-bond acceptors (Lipinski definition) is 2. The van der Waals surface area contributed by atoms with Crippen molar-refractivity contribution in [1.29, 1.82) is 0 Å². The zero-order valence-electron chi connectivity index (χ0n) is 8.36. The molecule has 0 aliphatic rings. The summed E-state index contributed by atoms with van der Waals surface area (Å²) >= 11 is 6.84. The van der Waals surface area contributed by atoms with Gasteiger partial charge in [-0.25, -0.2) is 4.98 Å². The Bertz CT molecular complexity index is 488. The molecule has 0 aliphatic heterocycles. The van der Waals surface area contributed by atoms with Crippen LogP contribution in [0.25, 0.3) is 0 Å². The molecule has 82 valence electrons. The van der Waals surface area contributed by atoms with Crippen LogP contribution in [0.5, 0.6) is 11.6 Å². The van der Waals surface area contributed by atoms with Crippen LogP contribution in [0.4, 0.5) is 0 Å². The van der Waals surface area contributed by atoms with Gasteiger partial charge in [-0.05, 0) is 34.1 Å². The fourth-order valence-corrected chi connectivity index (χ4v) is 2.04. The standard InChI is InChI=1S/C12H9Br2NO/c13-8-9-4-3-7-15-12(9)16-11-6-2-1-5-10(11)14/h1-7H,8H2. The molecule has 0 bridgehead atoms. The van der Waals surface area contributed by atoms with E-state index >= 15 is 0 Å². The van der Waals surface area contributed by atoms with Gasteiger partial charge in [0.2, 0.25) is 5.88 Å². The van der Waals surface area contributed by atoms with Crippen LogP contribution in [-0.2, 0) is 5.33 Å². The van der Waals surface area contributed by atoms with E-state index < -0.39 is 0 Å². The van der Waals surface area contributed by atoms with Gasteiger partial charge in [-0.2, -0.15) is 0 Å². The van der Waals surface area contributed by atoms with Gasteiger partial charge < -0.3 is 4.74 Å². The lowest BCUT2D eigenvalue weighted by Gasteiger charge is -2.09. The second-order valence-corrected chi connectivity index (χ2v) is 4.55. The average molecular weight is 343 g/mol. The zero-order valence-corrected chi connectivity index (χ0v) is 11.5. The van der Waals surface area contributed by atoms with E-state index in [4.69, 9.17) is 4.74 Å². The Labute approximate surface area is 111 Å². The highest BCUT2D eigenvalue weighted by Gasteiger charge is 2.06. The number of alkyl halides is 1. The second kappa shape index (κ2) is 5.46. The van der Waals surface area contributed by atoms with E-state index in [0.29, 0.717) is 5.88 Å². The van der Waals surface area contributed by atoms with Gasteiger partial charge in [0.05, 0.1) is 4.47 Å². The van der Waals surface area contributed by atoms with Crippen LogP contribution in [0.3, 0.4) is 0 Å². The first-order chi connectivity index (χ1) is 7.81. The van der Waals surface area contributed by atoms with Gasteiger partial charge >= 0.3 is 0 Å². The largest absolute Gasteiger partial charge is 0.438 e. The quantitative estimate of drug-likeness (QED) is 0.764. The van der Waals surface area contributed by atoms with E-state index in [2.05, 4.69) is 36.8 Å². The molecule has 1 aromatic carbocycles. The topological polar surface area (TPSA) is 22.1 Å². The molecule has 0 saturated heterocycles. The van der Waals surface area contributed by atoms with Gasteiger partial charge in [0.25, 0.3) is 0 Å². The minimum Gasteiger partial charge on any atom is -0.438 e. The minimum absolute atomic E-state index is 0.631. The van der Waals surface area contributed by atoms with Gasteiger partial charge in [-0.3, -0.25) is 0 Å². The molecule has 0 unspecified atom stereocenters. The molecule has 0 fully saturated rings. The van der Waals surface area contributed by atoms with Crippen molar-refractivity contribution in [1.82, 2.24) is 4.98 Å². The zero-order chi connectivity index (χ0) is 11.4. The van der Waals surface area contributed by atoms with Crippen molar-refractivity contribution in [2.75, 3.05) is 0 Å². The number of halogens is 2. The summed E-state index contributed by atoms with van der Waals surface area (Å²) in [5, 5.41) is 0.723. The van der Waals surface area contributed by atoms with E-state index in [0.717, 1.165) is 21.1 Å². The van der Waals surface area contributed by atoms with Crippen LogP contribution < -0.4 is 4.74 Å². The Morgan fingerprint density at radius 1 is 1.12 bits per heavy atom. The Balaban J connectivity index is 2.30. The van der Waals surface area contributed by atoms with Crippen molar-refractivity contribution in [2.24, 2.45) is 0 Å². The smallest absolute Gasteiger partial charge is 0.223 e. The lowest BCUT2D eigenvalue weighted by Crippen LogP contribution is -1.92. The Hall–Kier alpha value is -0.870. The first kappa shape index (κ1) is 11.6. The molecule has 0 amide bonds. The van der Waals surface area contributed by atoms with Crippen LogP contribution in [0.1, 0.15) is 5.56 Å². The van der Waals surface area contributed by atoms with Crippen LogP contribution in [-0.4, -0.2) is 4.98 Å². The van der Waals surface area contributed by atoms with Crippen LogP contribution >= 0.6 is 31.9 Å². The molecule has 1 aromatic heterocycles. The highest BCUT2D eigenvalue weighted by atomic mass is 79.9. The van der Waals surface area contributed by atoms with Crippen LogP contribution in [0, 0.1) is 0 Å². The summed E-state index contributed by atoms with van der Waals surface area (Å²) in [5.41, 5.74) is 1.03. The summed E-state index contributed by atoms with van der Waals surface area (Å²) in [6, 6.07) is 11.6. The average Bonchev–Trinajstić information content (AvgIpc) is 2.33. The molecular formula is C12H9Br2NO. The van der Waals surface area contributed by atoms with Crippen LogP contribution in [0.2, 0.25) is 0 Å². The summed E-state index contributed by atoms with van der Waals surface area (Å²) in [6.07, 6.45) is 1.72. The first-order valence-electron chi connectivity index (χ1n) is 4.73. The van der Waals surface area contributed by atoms with Crippen molar-refractivity contribution in [3.63, 3.8) is 0 Å². The summed E-state index contributed by atoms with van der Waals surface area (Å²) in [4.78, 5) is 4.21. The normalized spacial score (nSPS) is 10.1.